The van der Waals surface area contributed by atoms with Crippen molar-refractivity contribution in [2.75, 3.05) is 0 Å². The zero-order valence-corrected chi connectivity index (χ0v) is 27.9. The van der Waals surface area contributed by atoms with Gasteiger partial charge in [0, 0.05) is 0 Å². The van der Waals surface area contributed by atoms with E-state index in [2.05, 4.69) is 109 Å². The first-order valence-corrected chi connectivity index (χ1v) is 17.2. The van der Waals surface area contributed by atoms with Crippen molar-refractivity contribution in [2.45, 2.75) is 51.6 Å². The van der Waals surface area contributed by atoms with E-state index in [4.69, 9.17) is 4.99 Å². The Morgan fingerprint density at radius 1 is 0.969 bits per heavy atom. The summed E-state index contributed by atoms with van der Waals surface area (Å²) >= 11 is 7.45. The quantitative estimate of drug-likeness (QED) is 0.194. The van der Waals surface area contributed by atoms with Crippen LogP contribution in [0.15, 0.2) is 40.5 Å². The van der Waals surface area contributed by atoms with Crippen LogP contribution in [0.1, 0.15) is 41.5 Å². The third kappa shape index (κ3) is 3.65. The summed E-state index contributed by atoms with van der Waals surface area (Å²) in [5.41, 5.74) is 2.83. The molecule has 2 aromatic rings. The summed E-state index contributed by atoms with van der Waals surface area (Å²) < 4.78 is 5.11. The molecule has 0 radical (unpaired) electrons. The van der Waals surface area contributed by atoms with Crippen molar-refractivity contribution in [3.63, 3.8) is 0 Å². The Morgan fingerprint density at radius 3 is 2.12 bits per heavy atom. The van der Waals surface area contributed by atoms with Crippen LogP contribution in [-0.2, 0) is 4.79 Å². The van der Waals surface area contributed by atoms with Crippen LogP contribution in [0, 0.1) is 9.58 Å². The molecule has 0 saturated heterocycles. The van der Waals surface area contributed by atoms with Crippen LogP contribution in [0.5, 0.6) is 5.75 Å². The molecule has 8 heteroatoms. The van der Waals surface area contributed by atoms with E-state index in [-0.39, 0.29) is 30.4 Å². The number of halogens is 3. The SMILES string of the molecule is CC(C)(C)[Si]1(C(C)(C)C)C2=CC(=O)C=CC2=Nc2ccc(O)c(-c3[se]c(I)c(I)c3I)c21. The Labute approximate surface area is 237 Å². The van der Waals surface area contributed by atoms with Gasteiger partial charge in [0.05, 0.1) is 0 Å². The Bertz CT molecular complexity index is 1250. The van der Waals surface area contributed by atoms with Crippen molar-refractivity contribution >= 4 is 113 Å². The standard InChI is InChI=1S/C24H24I3NO2SeSi/c1-23(2,3)32(24(4,5)6)16-11-12(29)7-8-13(16)28-14-9-10-15(30)17(21(14)32)20-18(25)19(26)22(27)31-20/h7-11,30H,1-6H3. The number of ketones is 1. The average Bonchev–Trinajstić information content (AvgIpc) is 2.91. The summed E-state index contributed by atoms with van der Waals surface area (Å²) in [6, 6.07) is 3.78. The van der Waals surface area contributed by atoms with Crippen LogP contribution in [0.25, 0.3) is 10.0 Å². The molecule has 1 aliphatic heterocycles. The van der Waals surface area contributed by atoms with Crippen LogP contribution >= 0.6 is 67.8 Å². The number of aromatic hydroxyl groups is 1. The molecule has 1 aromatic carbocycles. The molecule has 0 fully saturated rings. The van der Waals surface area contributed by atoms with Gasteiger partial charge in [0.15, 0.2) is 0 Å². The van der Waals surface area contributed by atoms with Gasteiger partial charge in [-0.1, -0.05) is 0 Å². The number of hydrogen-bond donors (Lipinski definition) is 1. The second-order valence-electron chi connectivity index (χ2n) is 10.2. The summed E-state index contributed by atoms with van der Waals surface area (Å²) in [6.45, 7) is 13.8. The fourth-order valence-corrected chi connectivity index (χ4v) is 20.1. The number of nitrogens with zero attached hydrogens (tertiary/aromatic N) is 1. The molecular weight excluding hydrogens is 822 g/mol. The molecule has 168 valence electrons. The van der Waals surface area contributed by atoms with E-state index < -0.39 is 8.07 Å². The van der Waals surface area contributed by atoms with Crippen molar-refractivity contribution in [1.29, 1.82) is 0 Å². The molecule has 0 amide bonds. The Morgan fingerprint density at radius 2 is 1.59 bits per heavy atom. The Balaban J connectivity index is 2.28. The number of aliphatic imine (C=N–C) groups is 1. The summed E-state index contributed by atoms with van der Waals surface area (Å²) in [7, 11) is -2.68. The van der Waals surface area contributed by atoms with Crippen molar-refractivity contribution in [1.82, 2.24) is 0 Å². The molecule has 2 aliphatic rings. The van der Waals surface area contributed by atoms with E-state index >= 15 is 0 Å². The molecular formula is C24H24I3NO2SeSi. The van der Waals surface area contributed by atoms with Crippen molar-refractivity contribution < 1.29 is 9.90 Å². The van der Waals surface area contributed by atoms with Gasteiger partial charge in [0.25, 0.3) is 0 Å². The molecule has 0 unspecified atom stereocenters. The molecule has 0 atom stereocenters. The van der Waals surface area contributed by atoms with E-state index in [1.54, 1.807) is 12.1 Å². The molecule has 0 saturated carbocycles. The normalized spacial score (nSPS) is 17.6. The van der Waals surface area contributed by atoms with Crippen LogP contribution < -0.4 is 5.19 Å². The van der Waals surface area contributed by atoms with Crippen LogP contribution in [0.3, 0.4) is 0 Å². The van der Waals surface area contributed by atoms with Gasteiger partial charge in [0.2, 0.25) is 0 Å². The molecule has 3 nitrogen and oxygen atoms in total. The summed E-state index contributed by atoms with van der Waals surface area (Å²) in [5.74, 6) is 0.353. The van der Waals surface area contributed by atoms with E-state index in [1.807, 2.05) is 18.2 Å². The van der Waals surface area contributed by atoms with E-state index in [0.29, 0.717) is 5.75 Å². The molecule has 32 heavy (non-hydrogen) atoms. The molecule has 0 bridgehead atoms. The van der Waals surface area contributed by atoms with Gasteiger partial charge < -0.3 is 0 Å². The third-order valence-corrected chi connectivity index (χ3v) is 23.0. The van der Waals surface area contributed by atoms with Crippen molar-refractivity contribution in [3.8, 4) is 15.8 Å². The number of phenols is 1. The zero-order valence-electron chi connectivity index (χ0n) is 18.7. The van der Waals surface area contributed by atoms with E-state index in [9.17, 15) is 9.90 Å². The van der Waals surface area contributed by atoms with Gasteiger partial charge >= 0.3 is 240 Å². The molecule has 1 N–H and O–H groups in total. The fourth-order valence-electron chi connectivity index (χ4n) is 5.67. The second kappa shape index (κ2) is 8.43. The van der Waals surface area contributed by atoms with Gasteiger partial charge in [-0.3, -0.25) is 0 Å². The summed E-state index contributed by atoms with van der Waals surface area (Å²) in [4.78, 5) is 17.7. The number of phenolic OH excluding ortho intramolecular Hbond substituents is 1. The van der Waals surface area contributed by atoms with Gasteiger partial charge in [-0.15, -0.1) is 0 Å². The van der Waals surface area contributed by atoms with Gasteiger partial charge in [0.1, 0.15) is 0 Å². The van der Waals surface area contributed by atoms with Gasteiger partial charge in [-0.2, -0.15) is 0 Å². The third-order valence-electron chi connectivity index (χ3n) is 6.38. The number of fused-ring (bicyclic) bond motifs is 2. The Hall–Kier alpha value is 0.246. The first-order chi connectivity index (χ1) is 14.7. The molecule has 2 heterocycles. The first kappa shape index (κ1) is 25.3. The summed E-state index contributed by atoms with van der Waals surface area (Å²) in [5, 5.41) is 13.4. The monoisotopic (exact) mass is 847 g/mol. The number of rotatable bonds is 1. The second-order valence-corrected chi connectivity index (χ2v) is 22.8. The van der Waals surface area contributed by atoms with Crippen LogP contribution in [0.2, 0.25) is 10.1 Å². The number of hydrogen-bond acceptors (Lipinski definition) is 3. The van der Waals surface area contributed by atoms with Crippen LogP contribution in [-0.4, -0.2) is 39.2 Å². The van der Waals surface area contributed by atoms with Crippen LogP contribution in [0.4, 0.5) is 5.69 Å². The molecule has 4 rings (SSSR count). The van der Waals surface area contributed by atoms with Crippen molar-refractivity contribution in [3.05, 3.63) is 45.1 Å². The summed E-state index contributed by atoms with van der Waals surface area (Å²) in [6.07, 6.45) is 5.35. The number of carbonyl (C=O) groups excluding carboxylic acids is 1. The minimum atomic E-state index is -2.68. The zero-order chi connectivity index (χ0) is 23.8. The predicted octanol–water partition coefficient (Wildman–Crippen LogP) is 6.88. The topological polar surface area (TPSA) is 49.7 Å². The molecule has 0 spiro atoms. The maximum absolute atomic E-state index is 12.7. The Kier molecular flexibility index (Phi) is 6.67. The van der Waals surface area contributed by atoms with Crippen molar-refractivity contribution in [2.24, 2.45) is 4.99 Å². The van der Waals surface area contributed by atoms with Gasteiger partial charge in [-0.05, 0) is 0 Å². The first-order valence-electron chi connectivity index (χ1n) is 10.2. The number of carbonyl (C=O) groups is 1. The number of allylic oxidation sites excluding steroid dienone is 4. The average molecular weight is 846 g/mol. The number of benzene rings is 1. The molecule has 1 aliphatic carbocycles. The fraction of sp³-hybridized carbons (Fsp3) is 0.333. The molecule has 1 aromatic heterocycles. The van der Waals surface area contributed by atoms with E-state index in [1.165, 1.54) is 19.2 Å². The minimum absolute atomic E-state index is 0.0270. The van der Waals surface area contributed by atoms with Gasteiger partial charge in [-0.25, -0.2) is 0 Å². The maximum atomic E-state index is 12.7. The predicted molar refractivity (Wildman–Crippen MR) is 163 cm³/mol. The van der Waals surface area contributed by atoms with E-state index in [0.717, 1.165) is 22.2 Å².